The quantitative estimate of drug-likeness (QED) is 0.451. The van der Waals surface area contributed by atoms with Gasteiger partial charge < -0.3 is 9.64 Å². The molecule has 0 unspecified atom stereocenters. The molecule has 0 fully saturated rings. The monoisotopic (exact) mass is 466 g/mol. The van der Waals surface area contributed by atoms with Crippen molar-refractivity contribution in [2.24, 2.45) is 0 Å². The molecule has 0 atom stereocenters. The molecule has 3 aromatic carbocycles. The van der Waals surface area contributed by atoms with Crippen molar-refractivity contribution in [2.75, 3.05) is 31.5 Å². The molecule has 3 rings (SSSR count). The minimum Gasteiger partial charge on any atom is -0.383 e. The van der Waals surface area contributed by atoms with E-state index in [9.17, 15) is 13.2 Å². The summed E-state index contributed by atoms with van der Waals surface area (Å²) >= 11 is 0. The number of carbonyl (C=O) groups excluding carboxylic acids is 1. The lowest BCUT2D eigenvalue weighted by Gasteiger charge is -2.22. The zero-order chi connectivity index (χ0) is 23.7. The number of sulfonamides is 1. The van der Waals surface area contributed by atoms with Gasteiger partial charge in [-0.05, 0) is 61.2 Å². The van der Waals surface area contributed by atoms with Crippen molar-refractivity contribution in [1.82, 2.24) is 4.90 Å². The van der Waals surface area contributed by atoms with E-state index in [4.69, 9.17) is 4.74 Å². The van der Waals surface area contributed by atoms with E-state index in [-0.39, 0.29) is 10.8 Å². The maximum Gasteiger partial charge on any atom is 0.261 e. The molecule has 0 radical (unpaired) electrons. The molecule has 3 aromatic rings. The van der Waals surface area contributed by atoms with Crippen molar-refractivity contribution in [3.63, 3.8) is 0 Å². The molecule has 0 heterocycles. The Morgan fingerprint density at radius 2 is 1.58 bits per heavy atom. The molecule has 174 valence electrons. The van der Waals surface area contributed by atoms with Crippen molar-refractivity contribution in [1.29, 1.82) is 0 Å². The van der Waals surface area contributed by atoms with Gasteiger partial charge in [0.25, 0.3) is 15.9 Å². The number of benzene rings is 3. The number of aryl methyl sites for hydroxylation is 2. The van der Waals surface area contributed by atoms with Gasteiger partial charge in [0.05, 0.1) is 17.2 Å². The first kappa shape index (κ1) is 24.5. The van der Waals surface area contributed by atoms with E-state index in [1.165, 1.54) is 17.7 Å². The minimum absolute atomic E-state index is 0.106. The number of nitrogens with zero attached hydrogens (tertiary/aromatic N) is 1. The molecule has 0 bridgehead atoms. The molecule has 6 nitrogen and oxygen atoms in total. The topological polar surface area (TPSA) is 75.7 Å². The standard InChI is InChI=1S/C26H30N2O4S/c1-21-9-6-7-13-25(21)27-33(30,31)24-16-14-23(15-17-24)26(29)28(19-20-32-2)18-8-12-22-10-4-3-5-11-22/h3-7,9-11,13-17,27H,8,12,18-20H2,1-2H3. The molecule has 7 heteroatoms. The van der Waals surface area contributed by atoms with E-state index in [0.29, 0.717) is 30.9 Å². The lowest BCUT2D eigenvalue weighted by Crippen LogP contribution is -2.35. The van der Waals surface area contributed by atoms with E-state index in [2.05, 4.69) is 16.9 Å². The van der Waals surface area contributed by atoms with E-state index in [0.717, 1.165) is 18.4 Å². The van der Waals surface area contributed by atoms with Crippen LogP contribution in [0.4, 0.5) is 5.69 Å². The molecule has 1 N–H and O–H groups in total. The second kappa shape index (κ2) is 11.6. The second-order valence-electron chi connectivity index (χ2n) is 7.82. The highest BCUT2D eigenvalue weighted by Gasteiger charge is 2.19. The summed E-state index contributed by atoms with van der Waals surface area (Å²) in [5, 5.41) is 0. The third-order valence-corrected chi connectivity index (χ3v) is 6.77. The molecule has 0 saturated heterocycles. The van der Waals surface area contributed by atoms with Crippen molar-refractivity contribution in [2.45, 2.75) is 24.7 Å². The number of anilines is 1. The maximum absolute atomic E-state index is 13.1. The summed E-state index contributed by atoms with van der Waals surface area (Å²) < 4.78 is 33.3. The zero-order valence-electron chi connectivity index (χ0n) is 19.0. The molecule has 0 aromatic heterocycles. The van der Waals surface area contributed by atoms with Gasteiger partial charge in [0, 0.05) is 25.8 Å². The molecule has 33 heavy (non-hydrogen) atoms. The fourth-order valence-electron chi connectivity index (χ4n) is 3.49. The Labute approximate surface area is 196 Å². The Hall–Kier alpha value is -3.16. The van der Waals surface area contributed by atoms with Crippen molar-refractivity contribution >= 4 is 21.6 Å². The Bertz CT molecular complexity index is 1150. The highest BCUT2D eigenvalue weighted by molar-refractivity contribution is 7.92. The van der Waals surface area contributed by atoms with Crippen molar-refractivity contribution in [3.8, 4) is 0 Å². The molecule has 0 saturated carbocycles. The summed E-state index contributed by atoms with van der Waals surface area (Å²) in [4.78, 5) is 15.0. The van der Waals surface area contributed by atoms with E-state index >= 15 is 0 Å². The predicted octanol–water partition coefficient (Wildman–Crippen LogP) is 4.52. The van der Waals surface area contributed by atoms with E-state index in [1.54, 1.807) is 36.3 Å². The highest BCUT2D eigenvalue weighted by atomic mass is 32.2. The molecule has 0 aliphatic carbocycles. The summed E-state index contributed by atoms with van der Waals surface area (Å²) in [6, 6.07) is 23.4. The van der Waals surface area contributed by atoms with Gasteiger partial charge in [0.2, 0.25) is 0 Å². The fraction of sp³-hybridized carbons (Fsp3) is 0.269. The third kappa shape index (κ3) is 6.91. The van der Waals surface area contributed by atoms with Crippen LogP contribution in [0.2, 0.25) is 0 Å². The largest absolute Gasteiger partial charge is 0.383 e. The first-order valence-corrected chi connectivity index (χ1v) is 12.4. The Kier molecular flexibility index (Phi) is 8.63. The van der Waals surface area contributed by atoms with Gasteiger partial charge in [-0.15, -0.1) is 0 Å². The number of rotatable bonds is 11. The number of para-hydroxylation sites is 1. The molecule has 0 aliphatic heterocycles. The van der Waals surface area contributed by atoms with Crippen LogP contribution < -0.4 is 4.72 Å². The van der Waals surface area contributed by atoms with Crippen LogP contribution in [-0.4, -0.2) is 46.0 Å². The normalized spacial score (nSPS) is 11.2. The number of nitrogens with one attached hydrogen (secondary N) is 1. The van der Waals surface area contributed by atoms with Crippen LogP contribution in [0.5, 0.6) is 0 Å². The molecule has 0 spiro atoms. The van der Waals surface area contributed by atoms with Gasteiger partial charge in [-0.1, -0.05) is 48.5 Å². The first-order valence-electron chi connectivity index (χ1n) is 10.9. The second-order valence-corrected chi connectivity index (χ2v) is 9.50. The van der Waals surface area contributed by atoms with Gasteiger partial charge in [0.1, 0.15) is 0 Å². The summed E-state index contributed by atoms with van der Waals surface area (Å²) in [6.45, 7) is 3.33. The highest BCUT2D eigenvalue weighted by Crippen LogP contribution is 2.20. The number of carbonyl (C=O) groups is 1. The van der Waals surface area contributed by atoms with Crippen LogP contribution in [-0.2, 0) is 21.2 Å². The molecule has 0 aliphatic rings. The summed E-state index contributed by atoms with van der Waals surface area (Å²) in [5.74, 6) is -0.143. The van der Waals surface area contributed by atoms with Gasteiger partial charge >= 0.3 is 0 Å². The van der Waals surface area contributed by atoms with Crippen LogP contribution in [0, 0.1) is 6.92 Å². The average Bonchev–Trinajstić information content (AvgIpc) is 2.83. The van der Waals surface area contributed by atoms with Crippen LogP contribution >= 0.6 is 0 Å². The summed E-state index contributed by atoms with van der Waals surface area (Å²) in [5.41, 5.74) is 3.03. The average molecular weight is 467 g/mol. The summed E-state index contributed by atoms with van der Waals surface area (Å²) in [7, 11) is -2.15. The zero-order valence-corrected chi connectivity index (χ0v) is 19.8. The lowest BCUT2D eigenvalue weighted by molar-refractivity contribution is 0.0693. The minimum atomic E-state index is -3.75. The van der Waals surface area contributed by atoms with Crippen LogP contribution in [0.25, 0.3) is 0 Å². The number of ether oxygens (including phenoxy) is 1. The fourth-order valence-corrected chi connectivity index (χ4v) is 4.62. The molecular weight excluding hydrogens is 436 g/mol. The van der Waals surface area contributed by atoms with Gasteiger partial charge in [-0.3, -0.25) is 9.52 Å². The number of methoxy groups -OCH3 is 1. The smallest absolute Gasteiger partial charge is 0.261 e. The first-order chi connectivity index (χ1) is 15.9. The third-order valence-electron chi connectivity index (χ3n) is 5.39. The lowest BCUT2D eigenvalue weighted by atomic mass is 10.1. The molecule has 1 amide bonds. The van der Waals surface area contributed by atoms with Crippen LogP contribution in [0.3, 0.4) is 0 Å². The Morgan fingerprint density at radius 1 is 0.909 bits per heavy atom. The molecular formula is C26H30N2O4S. The SMILES string of the molecule is COCCN(CCCc1ccccc1)C(=O)c1ccc(S(=O)(=O)Nc2ccccc2C)cc1. The van der Waals surface area contributed by atoms with Gasteiger partial charge in [-0.2, -0.15) is 0 Å². The number of hydrogen-bond acceptors (Lipinski definition) is 4. The number of hydrogen-bond donors (Lipinski definition) is 1. The van der Waals surface area contributed by atoms with Gasteiger partial charge in [-0.25, -0.2) is 8.42 Å². The van der Waals surface area contributed by atoms with E-state index in [1.807, 2.05) is 37.3 Å². The van der Waals surface area contributed by atoms with Crippen molar-refractivity contribution in [3.05, 3.63) is 95.6 Å². The van der Waals surface area contributed by atoms with E-state index < -0.39 is 10.0 Å². The Morgan fingerprint density at radius 3 is 2.24 bits per heavy atom. The van der Waals surface area contributed by atoms with Crippen molar-refractivity contribution < 1.29 is 17.9 Å². The maximum atomic E-state index is 13.1. The van der Waals surface area contributed by atoms with Crippen LogP contribution in [0.1, 0.15) is 27.9 Å². The van der Waals surface area contributed by atoms with Gasteiger partial charge in [0.15, 0.2) is 0 Å². The number of amides is 1. The van der Waals surface area contributed by atoms with Crippen LogP contribution in [0.15, 0.2) is 83.8 Å². The summed E-state index contributed by atoms with van der Waals surface area (Å²) in [6.07, 6.45) is 1.70. The Balaban J connectivity index is 1.68. The predicted molar refractivity (Wildman–Crippen MR) is 131 cm³/mol.